The van der Waals surface area contributed by atoms with Gasteiger partial charge in [0, 0.05) is 10.5 Å². The van der Waals surface area contributed by atoms with Crippen LogP contribution in [-0.4, -0.2) is 20.4 Å². The lowest BCUT2D eigenvalue weighted by atomic mass is 10.2. The van der Waals surface area contributed by atoms with Gasteiger partial charge in [-0.1, -0.05) is 29.1 Å². The van der Waals surface area contributed by atoms with Crippen molar-refractivity contribution >= 4 is 29.1 Å². The number of hydrogen-bond acceptors (Lipinski definition) is 6. The van der Waals surface area contributed by atoms with Gasteiger partial charge >= 0.3 is 0 Å². The molecule has 0 aliphatic heterocycles. The first-order valence-corrected chi connectivity index (χ1v) is 5.91. The van der Waals surface area contributed by atoms with Crippen molar-refractivity contribution in [2.75, 3.05) is 0 Å². The average Bonchev–Trinajstić information content (AvgIpc) is 2.82. The largest absolute Gasteiger partial charge is 0.409 e. The second-order valence-electron chi connectivity index (χ2n) is 2.82. The maximum absolute atomic E-state index is 8.51. The molecule has 5 nitrogen and oxygen atoms in total. The quantitative estimate of drug-likeness (QED) is 0.376. The molecule has 0 spiro atoms. The van der Waals surface area contributed by atoms with Crippen LogP contribution in [0, 0.1) is 0 Å². The SMILES string of the molecule is NC(=NO)c1ccc(Sc2ncns2)cc1. The summed E-state index contributed by atoms with van der Waals surface area (Å²) in [7, 11) is 0. The van der Waals surface area contributed by atoms with E-state index in [2.05, 4.69) is 14.5 Å². The van der Waals surface area contributed by atoms with E-state index in [9.17, 15) is 0 Å². The van der Waals surface area contributed by atoms with Gasteiger partial charge in [0.1, 0.15) is 6.33 Å². The molecule has 0 radical (unpaired) electrons. The number of rotatable bonds is 3. The van der Waals surface area contributed by atoms with Crippen molar-refractivity contribution in [2.45, 2.75) is 9.24 Å². The van der Waals surface area contributed by atoms with Gasteiger partial charge in [-0.05, 0) is 23.7 Å². The fraction of sp³-hybridized carbons (Fsp3) is 0. The molecule has 1 aromatic carbocycles. The lowest BCUT2D eigenvalue weighted by molar-refractivity contribution is 0.318. The Morgan fingerprint density at radius 2 is 2.12 bits per heavy atom. The predicted octanol–water partition coefficient (Wildman–Crippen LogP) is 1.78. The summed E-state index contributed by atoms with van der Waals surface area (Å²) in [5.41, 5.74) is 6.14. The van der Waals surface area contributed by atoms with Crippen molar-refractivity contribution in [1.82, 2.24) is 9.36 Å². The molecule has 0 bridgehead atoms. The number of amidine groups is 1. The van der Waals surface area contributed by atoms with Crippen LogP contribution in [0.1, 0.15) is 5.56 Å². The Balaban J connectivity index is 2.14. The lowest BCUT2D eigenvalue weighted by Gasteiger charge is -2.00. The number of oxime groups is 1. The molecule has 0 fully saturated rings. The Labute approximate surface area is 100 Å². The van der Waals surface area contributed by atoms with Crippen LogP contribution in [0.2, 0.25) is 0 Å². The number of hydrogen-bond donors (Lipinski definition) is 2. The topological polar surface area (TPSA) is 84.4 Å². The molecule has 3 N–H and O–H groups in total. The van der Waals surface area contributed by atoms with Gasteiger partial charge < -0.3 is 10.9 Å². The van der Waals surface area contributed by atoms with Gasteiger partial charge in [-0.2, -0.15) is 4.37 Å². The van der Waals surface area contributed by atoms with Crippen LogP contribution < -0.4 is 5.73 Å². The Kier molecular flexibility index (Phi) is 3.37. The van der Waals surface area contributed by atoms with E-state index in [0.29, 0.717) is 5.56 Å². The first kappa shape index (κ1) is 10.9. The van der Waals surface area contributed by atoms with E-state index >= 15 is 0 Å². The van der Waals surface area contributed by atoms with E-state index in [1.807, 2.05) is 12.1 Å². The van der Waals surface area contributed by atoms with Crippen molar-refractivity contribution in [2.24, 2.45) is 10.9 Å². The highest BCUT2D eigenvalue weighted by Crippen LogP contribution is 2.27. The minimum Gasteiger partial charge on any atom is -0.409 e. The first-order valence-electron chi connectivity index (χ1n) is 4.32. The van der Waals surface area contributed by atoms with Crippen LogP contribution in [-0.2, 0) is 0 Å². The molecular formula is C9H8N4OS2. The minimum absolute atomic E-state index is 0.104. The summed E-state index contributed by atoms with van der Waals surface area (Å²) >= 11 is 2.87. The first-order chi connectivity index (χ1) is 7.79. The van der Waals surface area contributed by atoms with E-state index < -0.39 is 0 Å². The van der Waals surface area contributed by atoms with Crippen LogP contribution >= 0.6 is 23.3 Å². The third-order valence-corrected chi connectivity index (χ3v) is 3.53. The molecule has 1 aromatic heterocycles. The summed E-state index contributed by atoms with van der Waals surface area (Å²) in [6, 6.07) is 7.36. The highest BCUT2D eigenvalue weighted by atomic mass is 32.2. The van der Waals surface area contributed by atoms with Gasteiger partial charge in [-0.3, -0.25) is 0 Å². The van der Waals surface area contributed by atoms with Crippen molar-refractivity contribution in [1.29, 1.82) is 0 Å². The lowest BCUT2D eigenvalue weighted by Crippen LogP contribution is -2.12. The molecule has 0 saturated heterocycles. The normalized spacial score (nSPS) is 11.6. The summed E-state index contributed by atoms with van der Waals surface area (Å²) in [6.07, 6.45) is 1.53. The fourth-order valence-electron chi connectivity index (χ4n) is 1.06. The Bertz CT molecular complexity index is 481. The van der Waals surface area contributed by atoms with Crippen molar-refractivity contribution < 1.29 is 5.21 Å². The molecule has 7 heteroatoms. The fourth-order valence-corrected chi connectivity index (χ4v) is 2.48. The van der Waals surface area contributed by atoms with Crippen LogP contribution in [0.5, 0.6) is 0 Å². The monoisotopic (exact) mass is 252 g/mol. The Morgan fingerprint density at radius 3 is 2.69 bits per heavy atom. The van der Waals surface area contributed by atoms with E-state index in [1.54, 1.807) is 12.1 Å². The molecular weight excluding hydrogens is 244 g/mol. The number of nitrogens with two attached hydrogens (primary N) is 1. The molecule has 0 aliphatic rings. The molecule has 0 unspecified atom stereocenters. The van der Waals surface area contributed by atoms with Crippen LogP contribution in [0.25, 0.3) is 0 Å². The molecule has 0 amide bonds. The molecule has 2 aromatic rings. The average molecular weight is 252 g/mol. The summed E-state index contributed by atoms with van der Waals surface area (Å²) in [5, 5.41) is 11.4. The standard InChI is InChI=1S/C9H8N4OS2/c10-8(13-14)6-1-3-7(4-2-6)15-9-11-5-12-16-9/h1-5,14H,(H2,10,13). The number of aromatic nitrogens is 2. The predicted molar refractivity (Wildman–Crippen MR) is 63.0 cm³/mol. The summed E-state index contributed by atoms with van der Waals surface area (Å²) in [5.74, 6) is 0.104. The third kappa shape index (κ3) is 2.50. The van der Waals surface area contributed by atoms with Gasteiger partial charge in [-0.15, -0.1) is 0 Å². The Morgan fingerprint density at radius 1 is 1.38 bits per heavy atom. The third-order valence-electron chi connectivity index (χ3n) is 1.80. The number of nitrogens with zero attached hydrogens (tertiary/aromatic N) is 3. The maximum Gasteiger partial charge on any atom is 0.174 e. The molecule has 16 heavy (non-hydrogen) atoms. The minimum atomic E-state index is 0.104. The molecule has 2 rings (SSSR count). The van der Waals surface area contributed by atoms with E-state index in [-0.39, 0.29) is 5.84 Å². The van der Waals surface area contributed by atoms with Crippen molar-refractivity contribution in [3.8, 4) is 0 Å². The molecule has 82 valence electrons. The summed E-state index contributed by atoms with van der Waals surface area (Å²) in [4.78, 5) is 5.10. The van der Waals surface area contributed by atoms with E-state index in [4.69, 9.17) is 10.9 Å². The second-order valence-corrected chi connectivity index (χ2v) is 4.92. The van der Waals surface area contributed by atoms with Crippen molar-refractivity contribution in [3.05, 3.63) is 36.2 Å². The molecule has 1 heterocycles. The van der Waals surface area contributed by atoms with E-state index in [1.165, 1.54) is 29.6 Å². The molecule has 0 aliphatic carbocycles. The highest BCUT2D eigenvalue weighted by molar-refractivity contribution is 8.01. The smallest absolute Gasteiger partial charge is 0.174 e. The summed E-state index contributed by atoms with van der Waals surface area (Å²) in [6.45, 7) is 0. The van der Waals surface area contributed by atoms with Gasteiger partial charge in [-0.25, -0.2) is 4.98 Å². The van der Waals surface area contributed by atoms with E-state index in [0.717, 1.165) is 9.24 Å². The number of benzene rings is 1. The Hall–Kier alpha value is -1.60. The van der Waals surface area contributed by atoms with Crippen LogP contribution in [0.4, 0.5) is 0 Å². The zero-order valence-electron chi connectivity index (χ0n) is 8.07. The van der Waals surface area contributed by atoms with Gasteiger partial charge in [0.15, 0.2) is 10.2 Å². The highest BCUT2D eigenvalue weighted by Gasteiger charge is 2.02. The summed E-state index contributed by atoms with van der Waals surface area (Å²) < 4.78 is 4.80. The zero-order valence-corrected chi connectivity index (χ0v) is 9.70. The zero-order chi connectivity index (χ0) is 11.4. The van der Waals surface area contributed by atoms with Gasteiger partial charge in [0.05, 0.1) is 0 Å². The van der Waals surface area contributed by atoms with Crippen LogP contribution in [0.3, 0.4) is 0 Å². The van der Waals surface area contributed by atoms with Gasteiger partial charge in [0.2, 0.25) is 0 Å². The molecule has 0 atom stereocenters. The second kappa shape index (κ2) is 4.95. The van der Waals surface area contributed by atoms with Crippen LogP contribution in [0.15, 0.2) is 45.0 Å². The molecule has 0 saturated carbocycles. The van der Waals surface area contributed by atoms with Crippen molar-refractivity contribution in [3.63, 3.8) is 0 Å². The van der Waals surface area contributed by atoms with Gasteiger partial charge in [0.25, 0.3) is 0 Å². The maximum atomic E-state index is 8.51.